The van der Waals surface area contributed by atoms with E-state index in [0.717, 1.165) is 0 Å². The summed E-state index contributed by atoms with van der Waals surface area (Å²) < 4.78 is 48.7. The Balaban J connectivity index is 1.94. The van der Waals surface area contributed by atoms with Gasteiger partial charge in [0.05, 0.1) is 18.8 Å². The van der Waals surface area contributed by atoms with Crippen LogP contribution < -0.4 is 15.4 Å². The van der Waals surface area contributed by atoms with Crippen molar-refractivity contribution in [3.05, 3.63) is 65.7 Å². The number of halogens is 3. The highest BCUT2D eigenvalue weighted by molar-refractivity contribution is 7.80. The molecule has 0 radical (unpaired) electrons. The molecule has 6 nitrogen and oxygen atoms in total. The lowest BCUT2D eigenvalue weighted by molar-refractivity contribution is -0.275. The number of hydrogen-bond donors (Lipinski definition) is 3. The topological polar surface area (TPSA) is 79.8 Å². The van der Waals surface area contributed by atoms with Crippen LogP contribution in [0.4, 0.5) is 13.2 Å². The van der Waals surface area contributed by atoms with Crippen molar-refractivity contribution in [3.8, 4) is 5.75 Å². The molecule has 10 heteroatoms. The van der Waals surface area contributed by atoms with E-state index in [-0.39, 0.29) is 36.9 Å². The first-order valence-electron chi connectivity index (χ1n) is 9.47. The molecule has 0 unspecified atom stereocenters. The van der Waals surface area contributed by atoms with E-state index in [0.29, 0.717) is 5.56 Å². The number of benzene rings is 2. The van der Waals surface area contributed by atoms with Crippen LogP contribution in [0.1, 0.15) is 22.3 Å². The lowest BCUT2D eigenvalue weighted by Gasteiger charge is -2.45. The Morgan fingerprint density at radius 3 is 2.55 bits per heavy atom. The van der Waals surface area contributed by atoms with Gasteiger partial charge >= 0.3 is 6.36 Å². The van der Waals surface area contributed by atoms with E-state index in [1.165, 1.54) is 18.2 Å². The highest BCUT2D eigenvalue weighted by atomic mass is 32.1. The Morgan fingerprint density at radius 2 is 1.87 bits per heavy atom. The summed E-state index contributed by atoms with van der Waals surface area (Å²) in [5, 5.41) is 15.4. The molecule has 2 aromatic carbocycles. The summed E-state index contributed by atoms with van der Waals surface area (Å²) >= 11 is 5.31. The minimum Gasteiger partial charge on any atom is -0.405 e. The fraction of sp³-hybridized carbons (Fsp3) is 0.333. The van der Waals surface area contributed by atoms with Gasteiger partial charge in [0.15, 0.2) is 5.11 Å². The average Bonchev–Trinajstić information content (AvgIpc) is 2.73. The van der Waals surface area contributed by atoms with Crippen molar-refractivity contribution in [1.82, 2.24) is 10.6 Å². The first kappa shape index (κ1) is 23.0. The molecular formula is C21H21F3N2O4S. The van der Waals surface area contributed by atoms with Gasteiger partial charge in [0, 0.05) is 23.7 Å². The van der Waals surface area contributed by atoms with Gasteiger partial charge in [-0.2, -0.15) is 0 Å². The predicted octanol–water partition coefficient (Wildman–Crippen LogP) is 3.11. The van der Waals surface area contributed by atoms with Gasteiger partial charge in [-0.1, -0.05) is 36.4 Å². The molecule has 1 aliphatic rings. The zero-order valence-electron chi connectivity index (χ0n) is 16.3. The summed E-state index contributed by atoms with van der Waals surface area (Å²) in [6.07, 6.45) is -4.71. The van der Waals surface area contributed by atoms with E-state index in [9.17, 15) is 23.1 Å². The minimum atomic E-state index is -4.90. The number of alkyl halides is 3. The van der Waals surface area contributed by atoms with Gasteiger partial charge < -0.3 is 19.9 Å². The van der Waals surface area contributed by atoms with Crippen LogP contribution in [-0.4, -0.2) is 42.3 Å². The van der Waals surface area contributed by atoms with Crippen LogP contribution in [-0.2, 0) is 10.3 Å². The number of aliphatic hydroxyl groups excluding tert-OH is 1. The van der Waals surface area contributed by atoms with Crippen LogP contribution in [0.3, 0.4) is 0 Å². The van der Waals surface area contributed by atoms with Crippen LogP contribution in [0.25, 0.3) is 0 Å². The fourth-order valence-electron chi connectivity index (χ4n) is 3.65. The number of carbonyl (C=O) groups excluding carboxylic acids is 1. The molecule has 1 aliphatic heterocycles. The molecule has 0 aromatic heterocycles. The lowest BCUT2D eigenvalue weighted by atomic mass is 9.74. The summed E-state index contributed by atoms with van der Waals surface area (Å²) in [7, 11) is 0. The smallest absolute Gasteiger partial charge is 0.405 e. The Labute approximate surface area is 182 Å². The summed E-state index contributed by atoms with van der Waals surface area (Å²) in [6.45, 7) is -0.0964. The Morgan fingerprint density at radius 1 is 1.19 bits per heavy atom. The van der Waals surface area contributed by atoms with Crippen molar-refractivity contribution < 1.29 is 32.5 Å². The maximum absolute atomic E-state index is 13.0. The second-order valence-corrected chi connectivity index (χ2v) is 7.40. The molecule has 1 amide bonds. The fourth-order valence-corrected chi connectivity index (χ4v) is 3.92. The van der Waals surface area contributed by atoms with Gasteiger partial charge in [0.1, 0.15) is 5.75 Å². The molecule has 0 spiro atoms. The Kier molecular flexibility index (Phi) is 7.14. The normalized spacial score (nSPS) is 21.2. The summed E-state index contributed by atoms with van der Waals surface area (Å²) in [4.78, 5) is 12.5. The van der Waals surface area contributed by atoms with Gasteiger partial charge in [0.25, 0.3) is 5.91 Å². The summed E-state index contributed by atoms with van der Waals surface area (Å²) in [5.41, 5.74) is -0.728. The number of nitrogens with one attached hydrogen (secondary N) is 2. The molecule has 166 valence electrons. The van der Waals surface area contributed by atoms with Crippen LogP contribution in [0.5, 0.6) is 5.75 Å². The van der Waals surface area contributed by atoms with Crippen LogP contribution in [0, 0.1) is 5.92 Å². The van der Waals surface area contributed by atoms with Gasteiger partial charge in [-0.05, 0) is 36.8 Å². The van der Waals surface area contributed by atoms with E-state index in [4.69, 9.17) is 17.0 Å². The summed E-state index contributed by atoms with van der Waals surface area (Å²) in [6, 6.07) is 14.0. The Bertz CT molecular complexity index is 926. The van der Waals surface area contributed by atoms with Crippen molar-refractivity contribution >= 4 is 23.2 Å². The molecule has 1 fully saturated rings. The number of hydrogen-bond acceptors (Lipinski definition) is 5. The van der Waals surface area contributed by atoms with Crippen molar-refractivity contribution in [3.63, 3.8) is 0 Å². The van der Waals surface area contributed by atoms with Gasteiger partial charge in [0.2, 0.25) is 0 Å². The molecule has 2 atom stereocenters. The van der Waals surface area contributed by atoms with E-state index in [2.05, 4.69) is 15.4 Å². The molecule has 31 heavy (non-hydrogen) atoms. The third kappa shape index (κ3) is 5.52. The average molecular weight is 454 g/mol. The largest absolute Gasteiger partial charge is 0.573 e. The molecule has 1 saturated heterocycles. The SMILES string of the molecule is O=C(NC(=S)N[C@@]1(c2ccccc2OC(F)(F)F)CCOC[C@H]1CO)c1ccccc1. The monoisotopic (exact) mass is 454 g/mol. The molecule has 1 heterocycles. The number of rotatable bonds is 5. The molecule has 2 aromatic rings. The second kappa shape index (κ2) is 9.63. The van der Waals surface area contributed by atoms with Crippen LogP contribution in [0.15, 0.2) is 54.6 Å². The van der Waals surface area contributed by atoms with E-state index >= 15 is 0 Å². The van der Waals surface area contributed by atoms with E-state index in [1.807, 2.05) is 0 Å². The highest BCUT2D eigenvalue weighted by Crippen LogP contribution is 2.42. The number of ether oxygens (including phenoxy) is 2. The molecule has 3 rings (SSSR count). The molecule has 0 aliphatic carbocycles. The van der Waals surface area contributed by atoms with Crippen LogP contribution >= 0.6 is 12.2 Å². The third-order valence-corrected chi connectivity index (χ3v) is 5.27. The highest BCUT2D eigenvalue weighted by Gasteiger charge is 2.46. The van der Waals surface area contributed by atoms with Gasteiger partial charge in [-0.3, -0.25) is 10.1 Å². The molecule has 0 bridgehead atoms. The predicted molar refractivity (Wildman–Crippen MR) is 110 cm³/mol. The minimum absolute atomic E-state index is 0.0824. The number of thiocarbonyl (C=S) groups is 1. The standard InChI is InChI=1S/C21H21F3N2O4S/c22-21(23,24)30-17-9-5-4-8-16(17)20(10-11-29-13-15(20)12-27)26-19(31)25-18(28)14-6-2-1-3-7-14/h1-9,15,27H,10-13H2,(H2,25,26,28,31)/t15-,20+/m1/s1. The lowest BCUT2D eigenvalue weighted by Crippen LogP contribution is -2.59. The van der Waals surface area contributed by atoms with Crippen molar-refractivity contribution in [1.29, 1.82) is 0 Å². The first-order chi connectivity index (χ1) is 14.7. The zero-order chi connectivity index (χ0) is 22.5. The van der Waals surface area contributed by atoms with Gasteiger partial charge in [-0.25, -0.2) is 0 Å². The van der Waals surface area contributed by atoms with Crippen LogP contribution in [0.2, 0.25) is 0 Å². The second-order valence-electron chi connectivity index (χ2n) is 6.99. The first-order valence-corrected chi connectivity index (χ1v) is 9.88. The number of amides is 1. The molecule has 0 saturated carbocycles. The molecule has 3 N–H and O–H groups in total. The van der Waals surface area contributed by atoms with E-state index < -0.39 is 29.5 Å². The maximum Gasteiger partial charge on any atom is 0.573 e. The van der Waals surface area contributed by atoms with Gasteiger partial charge in [-0.15, -0.1) is 13.2 Å². The number of para-hydroxylation sites is 1. The zero-order valence-corrected chi connectivity index (χ0v) is 17.1. The molecular weight excluding hydrogens is 433 g/mol. The van der Waals surface area contributed by atoms with Crippen molar-refractivity contribution in [2.24, 2.45) is 5.92 Å². The summed E-state index contributed by atoms with van der Waals surface area (Å²) in [5.74, 6) is -1.54. The number of aliphatic hydroxyl groups is 1. The third-order valence-electron chi connectivity index (χ3n) is 5.07. The van der Waals surface area contributed by atoms with Crippen molar-refractivity contribution in [2.75, 3.05) is 19.8 Å². The maximum atomic E-state index is 13.0. The van der Waals surface area contributed by atoms with E-state index in [1.54, 1.807) is 36.4 Å². The van der Waals surface area contributed by atoms with Crippen molar-refractivity contribution in [2.45, 2.75) is 18.3 Å². The Hall–Kier alpha value is -2.69. The quantitative estimate of drug-likeness (QED) is 0.603. The number of carbonyl (C=O) groups is 1.